The van der Waals surface area contributed by atoms with Crippen molar-refractivity contribution in [3.05, 3.63) is 71.6 Å². The van der Waals surface area contributed by atoms with E-state index in [9.17, 15) is 0 Å². The molecule has 24 heavy (non-hydrogen) atoms. The normalized spacial score (nSPS) is 14.0. The molecule has 0 saturated carbocycles. The zero-order chi connectivity index (χ0) is 16.7. The summed E-state index contributed by atoms with van der Waals surface area (Å²) < 4.78 is 2.33. The number of fused-ring (bicyclic) bond motifs is 2. The van der Waals surface area contributed by atoms with Gasteiger partial charge in [-0.25, -0.2) is 4.98 Å². The number of aromatic nitrogens is 2. The van der Waals surface area contributed by atoms with Gasteiger partial charge in [0.1, 0.15) is 5.82 Å². The SMILES string of the molecule is C=CCn1c(C)c(C)c2c(N3CCc4ccccc4C3)nccc21. The molecule has 1 aliphatic rings. The van der Waals surface area contributed by atoms with Gasteiger partial charge in [-0.05, 0) is 43.0 Å². The van der Waals surface area contributed by atoms with E-state index in [1.165, 1.54) is 33.3 Å². The predicted octanol–water partition coefficient (Wildman–Crippen LogP) is 4.40. The smallest absolute Gasteiger partial charge is 0.138 e. The molecule has 0 fully saturated rings. The predicted molar refractivity (Wildman–Crippen MR) is 101 cm³/mol. The molecule has 0 N–H and O–H groups in total. The molecule has 0 aliphatic carbocycles. The van der Waals surface area contributed by atoms with Crippen molar-refractivity contribution in [2.24, 2.45) is 0 Å². The Morgan fingerprint density at radius 3 is 2.75 bits per heavy atom. The van der Waals surface area contributed by atoms with Crippen LogP contribution in [0.1, 0.15) is 22.4 Å². The summed E-state index contributed by atoms with van der Waals surface area (Å²) in [6, 6.07) is 10.9. The van der Waals surface area contributed by atoms with Crippen LogP contribution < -0.4 is 4.90 Å². The van der Waals surface area contributed by atoms with Crippen molar-refractivity contribution in [3.63, 3.8) is 0 Å². The maximum atomic E-state index is 4.77. The summed E-state index contributed by atoms with van der Waals surface area (Å²) in [5, 5.41) is 1.29. The molecule has 3 heteroatoms. The number of nitrogens with zero attached hydrogens (tertiary/aromatic N) is 3. The fraction of sp³-hybridized carbons (Fsp3) is 0.286. The molecule has 0 saturated heterocycles. The maximum Gasteiger partial charge on any atom is 0.138 e. The number of benzene rings is 1. The van der Waals surface area contributed by atoms with E-state index in [1.807, 2.05) is 12.3 Å². The van der Waals surface area contributed by atoms with Crippen LogP contribution in [0.2, 0.25) is 0 Å². The van der Waals surface area contributed by atoms with E-state index >= 15 is 0 Å². The number of hydrogen-bond acceptors (Lipinski definition) is 2. The summed E-state index contributed by atoms with van der Waals surface area (Å²) >= 11 is 0. The molecular formula is C21H23N3. The molecule has 4 rings (SSSR count). The van der Waals surface area contributed by atoms with Gasteiger partial charge in [-0.2, -0.15) is 0 Å². The molecule has 0 radical (unpaired) electrons. The molecular weight excluding hydrogens is 294 g/mol. The Bertz CT molecular complexity index is 920. The van der Waals surface area contributed by atoms with Gasteiger partial charge < -0.3 is 9.47 Å². The lowest BCUT2D eigenvalue weighted by Gasteiger charge is -2.30. The van der Waals surface area contributed by atoms with Crippen molar-refractivity contribution in [3.8, 4) is 0 Å². The summed E-state index contributed by atoms with van der Waals surface area (Å²) in [4.78, 5) is 7.19. The van der Waals surface area contributed by atoms with Crippen LogP contribution >= 0.6 is 0 Å². The van der Waals surface area contributed by atoms with Gasteiger partial charge in [-0.1, -0.05) is 30.3 Å². The third kappa shape index (κ3) is 2.23. The highest BCUT2D eigenvalue weighted by molar-refractivity contribution is 5.95. The molecule has 122 valence electrons. The maximum absolute atomic E-state index is 4.77. The summed E-state index contributed by atoms with van der Waals surface area (Å²) in [6.45, 7) is 11.1. The van der Waals surface area contributed by atoms with E-state index < -0.39 is 0 Å². The highest BCUT2D eigenvalue weighted by Crippen LogP contribution is 2.34. The fourth-order valence-electron chi connectivity index (χ4n) is 3.87. The van der Waals surface area contributed by atoms with Crippen molar-refractivity contribution < 1.29 is 0 Å². The number of hydrogen-bond donors (Lipinski definition) is 0. The van der Waals surface area contributed by atoms with Gasteiger partial charge in [0.15, 0.2) is 0 Å². The van der Waals surface area contributed by atoms with Gasteiger partial charge in [0.25, 0.3) is 0 Å². The second-order valence-corrected chi connectivity index (χ2v) is 6.58. The zero-order valence-electron chi connectivity index (χ0n) is 14.4. The highest BCUT2D eigenvalue weighted by Gasteiger charge is 2.22. The Hall–Kier alpha value is -2.55. The highest BCUT2D eigenvalue weighted by atomic mass is 15.2. The van der Waals surface area contributed by atoms with E-state index in [4.69, 9.17) is 4.98 Å². The zero-order valence-corrected chi connectivity index (χ0v) is 14.4. The first kappa shape index (κ1) is 15.0. The van der Waals surface area contributed by atoms with Gasteiger partial charge in [0.05, 0.1) is 5.52 Å². The topological polar surface area (TPSA) is 21.1 Å². The fourth-order valence-corrected chi connectivity index (χ4v) is 3.87. The Kier molecular flexibility index (Phi) is 3.64. The van der Waals surface area contributed by atoms with E-state index in [0.29, 0.717) is 0 Å². The molecule has 3 nitrogen and oxygen atoms in total. The minimum atomic E-state index is 0.836. The van der Waals surface area contributed by atoms with E-state index in [1.54, 1.807) is 0 Å². The van der Waals surface area contributed by atoms with Crippen LogP contribution in [0.5, 0.6) is 0 Å². The van der Waals surface area contributed by atoms with Gasteiger partial charge in [-0.15, -0.1) is 6.58 Å². The van der Waals surface area contributed by atoms with Gasteiger partial charge in [-0.3, -0.25) is 0 Å². The van der Waals surface area contributed by atoms with E-state index in [2.05, 4.69) is 60.2 Å². The molecule has 0 amide bonds. The molecule has 1 aromatic carbocycles. The van der Waals surface area contributed by atoms with Crippen LogP contribution in [-0.2, 0) is 19.5 Å². The van der Waals surface area contributed by atoms with Crippen LogP contribution in [0, 0.1) is 13.8 Å². The van der Waals surface area contributed by atoms with Gasteiger partial charge >= 0.3 is 0 Å². The number of allylic oxidation sites excluding steroid dienone is 1. The standard InChI is InChI=1S/C21H23N3/c1-4-12-24-16(3)15(2)20-19(24)9-11-22-21(20)23-13-10-17-7-5-6-8-18(17)14-23/h4-9,11H,1,10,12-14H2,2-3H3. The molecule has 0 bridgehead atoms. The van der Waals surface area contributed by atoms with Crippen molar-refractivity contribution >= 4 is 16.7 Å². The molecule has 0 atom stereocenters. The first-order valence-corrected chi connectivity index (χ1v) is 8.57. The third-order valence-corrected chi connectivity index (χ3v) is 5.26. The lowest BCUT2D eigenvalue weighted by Crippen LogP contribution is -2.31. The first-order valence-electron chi connectivity index (χ1n) is 8.57. The monoisotopic (exact) mass is 317 g/mol. The molecule has 0 unspecified atom stereocenters. The minimum Gasteiger partial charge on any atom is -0.351 e. The van der Waals surface area contributed by atoms with Crippen LogP contribution in [-0.4, -0.2) is 16.1 Å². The number of pyridine rings is 1. The average Bonchev–Trinajstić information content (AvgIpc) is 2.87. The number of anilines is 1. The third-order valence-electron chi connectivity index (χ3n) is 5.26. The molecule has 1 aliphatic heterocycles. The Morgan fingerprint density at radius 2 is 1.96 bits per heavy atom. The Morgan fingerprint density at radius 1 is 1.17 bits per heavy atom. The molecule has 3 aromatic rings. The summed E-state index contributed by atoms with van der Waals surface area (Å²) in [7, 11) is 0. The van der Waals surface area contributed by atoms with Crippen molar-refractivity contribution in [2.45, 2.75) is 33.4 Å². The second-order valence-electron chi connectivity index (χ2n) is 6.58. The van der Waals surface area contributed by atoms with Crippen LogP contribution in [0.15, 0.2) is 49.2 Å². The minimum absolute atomic E-state index is 0.836. The first-order chi connectivity index (χ1) is 11.7. The van der Waals surface area contributed by atoms with Crippen molar-refractivity contribution in [1.29, 1.82) is 0 Å². The molecule has 0 spiro atoms. The van der Waals surface area contributed by atoms with Crippen molar-refractivity contribution in [1.82, 2.24) is 9.55 Å². The van der Waals surface area contributed by atoms with Crippen LogP contribution in [0.25, 0.3) is 10.9 Å². The average molecular weight is 317 g/mol. The van der Waals surface area contributed by atoms with E-state index in [0.717, 1.165) is 31.9 Å². The van der Waals surface area contributed by atoms with Crippen LogP contribution in [0.4, 0.5) is 5.82 Å². The number of aryl methyl sites for hydroxylation is 1. The van der Waals surface area contributed by atoms with Gasteiger partial charge in [0.2, 0.25) is 0 Å². The number of rotatable bonds is 3. The Labute approximate surface area is 143 Å². The van der Waals surface area contributed by atoms with Crippen molar-refractivity contribution in [2.75, 3.05) is 11.4 Å². The largest absolute Gasteiger partial charge is 0.351 e. The summed E-state index contributed by atoms with van der Waals surface area (Å²) in [5.41, 5.74) is 6.78. The quantitative estimate of drug-likeness (QED) is 0.668. The summed E-state index contributed by atoms with van der Waals surface area (Å²) in [6.07, 6.45) is 4.99. The van der Waals surface area contributed by atoms with E-state index in [-0.39, 0.29) is 0 Å². The molecule has 2 aromatic heterocycles. The van der Waals surface area contributed by atoms with Gasteiger partial charge in [0, 0.05) is 36.9 Å². The summed E-state index contributed by atoms with van der Waals surface area (Å²) in [5.74, 6) is 1.12. The lowest BCUT2D eigenvalue weighted by atomic mass is 9.99. The van der Waals surface area contributed by atoms with Crippen LogP contribution in [0.3, 0.4) is 0 Å². The Balaban J connectivity index is 1.84. The second kappa shape index (κ2) is 5.82. The molecule has 3 heterocycles. The lowest BCUT2D eigenvalue weighted by molar-refractivity contribution is 0.724.